The molecule has 4 aliphatic carbocycles. The Morgan fingerprint density at radius 3 is 1.55 bits per heavy atom. The van der Waals surface area contributed by atoms with E-state index in [1.807, 2.05) is 49.7 Å². The van der Waals surface area contributed by atoms with E-state index in [0.29, 0.717) is 66.0 Å². The number of aryl methyl sites for hydroxylation is 8. The number of thiophene rings is 7. The Kier molecular flexibility index (Phi) is 41.2. The zero-order chi connectivity index (χ0) is 62.7. The van der Waals surface area contributed by atoms with Gasteiger partial charge >= 0.3 is 23.3 Å². The third kappa shape index (κ3) is 29.2. The average Bonchev–Trinajstić information content (AvgIpc) is 4.01. The quantitative estimate of drug-likeness (QED) is 0.0753. The molecule has 0 aliphatic heterocycles. The number of rotatable bonds is 8. The van der Waals surface area contributed by atoms with Gasteiger partial charge in [0.25, 0.3) is 0 Å². The van der Waals surface area contributed by atoms with Crippen molar-refractivity contribution in [2.24, 2.45) is 0 Å². The van der Waals surface area contributed by atoms with Crippen molar-refractivity contribution in [1.82, 2.24) is 0 Å². The van der Waals surface area contributed by atoms with E-state index in [1.54, 1.807) is 51.4 Å². The number of carbonyl (C=O) groups is 7. The number of carboxylic acids is 2. The molecule has 7 aromatic heterocycles. The van der Waals surface area contributed by atoms with E-state index >= 15 is 0 Å². The first-order chi connectivity index (χ1) is 39.1. The normalized spacial score (nSPS) is 12.2. The van der Waals surface area contributed by atoms with Gasteiger partial charge in [-0.15, -0.1) is 79.6 Å². The molecule has 4 aliphatic rings. The number of aliphatic carboxylic acids is 2. The molecular weight excluding hydrogens is 1460 g/mol. The van der Waals surface area contributed by atoms with Gasteiger partial charge in [-0.1, -0.05) is 77.0 Å². The molecule has 29 heteroatoms. The van der Waals surface area contributed by atoms with Gasteiger partial charge < -0.3 is 15.3 Å². The maximum absolute atomic E-state index is 11.3. The minimum absolute atomic E-state index is 0. The van der Waals surface area contributed by atoms with Gasteiger partial charge in [-0.25, -0.2) is 30.1 Å². The predicted molar refractivity (Wildman–Crippen MR) is 366 cm³/mol. The number of Topliss-reactive ketones (excluding diaryl/α,β-unsaturated/α-hetero) is 4. The first kappa shape index (κ1) is 80.9. The topological polar surface area (TPSA) is 180 Å². The largest absolute Gasteiger partial charge is 0.643 e. The SMILES string of the molecule is C.CO.Cc1cc(CCC(=O)O)c(C)s1.Cc1sc(C)c2c1CCC2=O.Clc1cccs1.O=C(Cl)CCCl.O=C(O)CCc1cc(Cl)sc1Cl.O=C1CCc2c(Cl)sc(Cl)c21.O=C1CCc2cc(Cl)sc21.O=C1CCc2cscc21.[Cl][Al]([Cl])[Cl]. The van der Waals surface area contributed by atoms with Crippen LogP contribution in [-0.2, 0) is 52.9 Å². The fourth-order valence-electron chi connectivity index (χ4n) is 7.65. The molecule has 0 aromatic carbocycles. The summed E-state index contributed by atoms with van der Waals surface area (Å²) in [4.78, 5) is 80.6. The number of fused-ring (bicyclic) bond motifs is 4. The zero-order valence-electron chi connectivity index (χ0n) is 44.8. The maximum Gasteiger partial charge on any atom is 0.643 e. The van der Waals surface area contributed by atoms with Gasteiger partial charge in [0.05, 0.1) is 32.1 Å². The van der Waals surface area contributed by atoms with Gasteiger partial charge in [0.15, 0.2) is 23.1 Å². The Bertz CT molecular complexity index is 3100. The lowest BCUT2D eigenvalue weighted by molar-refractivity contribution is -0.138. The average molecular weight is 1520 g/mol. The molecule has 10 nitrogen and oxygen atoms in total. The standard InChI is InChI=1S/C9H12O2S.C9H10OS.C7H6Cl2O2S.C7H4Cl2OS.C7H5ClOS.C7H6OS.C4H3ClS.C3H4Cl2O.CH4O.CH4.Al.3ClH/c1-6-5-8(7(2)12-6)3-4-9(10)11;1-5-7-3-4-8(10)9(7)6(2)11-5;8-5-3-4(7(9)12-5)1-2-6(10)11;8-6-3-1-2-4(10)5(3)7(9)11-6;8-6-3-4-1-2-5(9)7(4)10-6;8-7-2-1-5-3-9-4-6(5)7;5-4-2-1-3-6-4;4-2-1-3(5)6;1-2;;;;;/h5H,3-4H2,1-2H3,(H,10,11);3-4H2,1-2H3;3H,1-2H2,(H,10,11);1-2H2;3H,1-2H2;3-4H,1-2H2;1-3H;1-2H2;2H,1H3;1H4;;3*1H/q;;;;;;;;;;+3;;;/p-3. The maximum atomic E-state index is 11.3. The third-order valence-corrected chi connectivity index (χ3v) is 20.1. The Balaban J connectivity index is 0.000000477. The lowest BCUT2D eigenvalue weighted by atomic mass is 10.1. The summed E-state index contributed by atoms with van der Waals surface area (Å²) in [6.07, 6.45) is 8.00. The van der Waals surface area contributed by atoms with Crippen LogP contribution in [0.15, 0.2) is 46.5 Å². The summed E-state index contributed by atoms with van der Waals surface area (Å²) in [5, 5.41) is 29.5. The van der Waals surface area contributed by atoms with Crippen LogP contribution in [0.4, 0.5) is 0 Å². The molecular formula is C55H58AlCl11O10S7. The number of aliphatic hydroxyl groups excluding tert-OH is 1. The van der Waals surface area contributed by atoms with Gasteiger partial charge in [0.2, 0.25) is 5.24 Å². The molecule has 460 valence electrons. The molecule has 0 radical (unpaired) electrons. The molecule has 0 atom stereocenters. The van der Waals surface area contributed by atoms with Crippen molar-refractivity contribution in [3.63, 3.8) is 0 Å². The van der Waals surface area contributed by atoms with Crippen molar-refractivity contribution in [2.75, 3.05) is 13.0 Å². The minimum atomic E-state index is -1.72. The third-order valence-electron chi connectivity index (χ3n) is 11.2. The highest BCUT2D eigenvalue weighted by atomic mass is 35.8. The van der Waals surface area contributed by atoms with Gasteiger partial charge in [-0.3, -0.25) is 33.6 Å². The zero-order valence-corrected chi connectivity index (χ0v) is 60.0. The molecule has 0 bridgehead atoms. The Hall–Kier alpha value is -1.13. The Labute approximate surface area is 574 Å². The van der Waals surface area contributed by atoms with Crippen LogP contribution in [-0.4, -0.2) is 80.0 Å². The first-order valence-electron chi connectivity index (χ1n) is 24.4. The van der Waals surface area contributed by atoms with Crippen LogP contribution in [0, 0.1) is 27.7 Å². The first-order valence-corrected chi connectivity index (χ1v) is 38.7. The summed E-state index contributed by atoms with van der Waals surface area (Å²) in [5.74, 6) is -0.165. The summed E-state index contributed by atoms with van der Waals surface area (Å²) in [7, 11) is 15.8. The van der Waals surface area contributed by atoms with Crippen molar-refractivity contribution < 1.29 is 48.9 Å². The summed E-state index contributed by atoms with van der Waals surface area (Å²) in [6, 6.07) is 9.46. The molecule has 0 saturated heterocycles. The Morgan fingerprint density at radius 1 is 0.560 bits per heavy atom. The molecule has 0 fully saturated rings. The highest BCUT2D eigenvalue weighted by molar-refractivity contribution is 7.54. The van der Waals surface area contributed by atoms with Crippen molar-refractivity contribution >= 4 is 254 Å². The summed E-state index contributed by atoms with van der Waals surface area (Å²) in [6.45, 7) is 8.23. The number of aliphatic hydroxyl groups is 1. The number of carboxylic acid groups (broad SMARTS) is 2. The Morgan fingerprint density at radius 2 is 1.11 bits per heavy atom. The molecule has 0 unspecified atom stereocenters. The monoisotopic (exact) mass is 1510 g/mol. The van der Waals surface area contributed by atoms with Crippen LogP contribution in [0.2, 0.25) is 26.0 Å². The molecule has 0 saturated carbocycles. The molecule has 0 spiro atoms. The molecule has 3 N–H and O–H groups in total. The smallest absolute Gasteiger partial charge is 0.481 e. The predicted octanol–water partition coefficient (Wildman–Crippen LogP) is 21.3. The van der Waals surface area contributed by atoms with E-state index < -0.39 is 23.3 Å². The number of alkyl halides is 1. The van der Waals surface area contributed by atoms with Gasteiger partial charge in [-0.2, -0.15) is 11.3 Å². The molecule has 7 aromatic rings. The number of ketones is 4. The van der Waals surface area contributed by atoms with Crippen LogP contribution < -0.4 is 0 Å². The van der Waals surface area contributed by atoms with Gasteiger partial charge in [0, 0.05) is 94.0 Å². The fourth-order valence-corrected chi connectivity index (χ4v) is 16.3. The van der Waals surface area contributed by atoms with Crippen molar-refractivity contribution in [1.29, 1.82) is 0 Å². The number of carbonyl (C=O) groups excluding carboxylic acids is 5. The second-order valence-electron chi connectivity index (χ2n) is 17.0. The van der Waals surface area contributed by atoms with Crippen LogP contribution in [0.3, 0.4) is 0 Å². The number of halogens is 11. The van der Waals surface area contributed by atoms with E-state index in [-0.39, 0.29) is 43.5 Å². The van der Waals surface area contributed by atoms with E-state index in [0.717, 1.165) is 87.0 Å². The minimum Gasteiger partial charge on any atom is -0.481 e. The fraction of sp³-hybridized carbons (Fsp3) is 0.364. The van der Waals surface area contributed by atoms with E-state index in [4.69, 9.17) is 138 Å². The summed E-state index contributed by atoms with van der Waals surface area (Å²) in [5.41, 5.74) is 9.33. The molecule has 11 rings (SSSR count). The lowest BCUT2D eigenvalue weighted by Crippen LogP contribution is -1.97. The van der Waals surface area contributed by atoms with Crippen molar-refractivity contribution in [3.8, 4) is 0 Å². The lowest BCUT2D eigenvalue weighted by Gasteiger charge is -1.94. The highest BCUT2D eigenvalue weighted by Gasteiger charge is 2.28. The van der Waals surface area contributed by atoms with Gasteiger partial charge in [0.1, 0.15) is 4.34 Å². The van der Waals surface area contributed by atoms with E-state index in [2.05, 4.69) is 18.4 Å². The molecule has 84 heavy (non-hydrogen) atoms. The molecule has 7 heterocycles. The summed E-state index contributed by atoms with van der Waals surface area (Å²) >= 11 is 53.1. The van der Waals surface area contributed by atoms with Crippen LogP contribution in [0.25, 0.3) is 0 Å². The second-order valence-corrected chi connectivity index (χ2v) is 35.7. The second kappa shape index (κ2) is 42.8. The van der Waals surface area contributed by atoms with Crippen LogP contribution >= 0.6 is 202 Å². The van der Waals surface area contributed by atoms with E-state index in [1.165, 1.54) is 70.2 Å². The van der Waals surface area contributed by atoms with Crippen molar-refractivity contribution in [3.05, 3.63) is 147 Å². The van der Waals surface area contributed by atoms with Crippen LogP contribution in [0.5, 0.6) is 0 Å². The summed E-state index contributed by atoms with van der Waals surface area (Å²) < 4.78 is 4.00. The number of hydrogen-bond donors (Lipinski definition) is 3. The highest BCUT2D eigenvalue weighted by Crippen LogP contribution is 2.41. The van der Waals surface area contributed by atoms with E-state index in [9.17, 15) is 33.6 Å². The van der Waals surface area contributed by atoms with Crippen LogP contribution in [0.1, 0.15) is 146 Å². The van der Waals surface area contributed by atoms with Crippen molar-refractivity contribution in [2.45, 2.75) is 119 Å². The van der Waals surface area contributed by atoms with Gasteiger partial charge in [-0.05, 0) is 152 Å². The number of hydrogen-bond acceptors (Lipinski definition) is 15. The molecule has 0 amide bonds.